The molecular weight excluding hydrogens is 264 g/mol. The molecule has 1 heterocycles. The topological polar surface area (TPSA) is 50.4 Å². The normalized spacial score (nSPS) is 23.4. The Morgan fingerprint density at radius 1 is 1.48 bits per heavy atom. The molecule has 1 aliphatic heterocycles. The molecule has 1 fully saturated rings. The molecule has 0 aromatic heterocycles. The highest BCUT2D eigenvalue weighted by molar-refractivity contribution is 5.98. The summed E-state index contributed by atoms with van der Waals surface area (Å²) in [5.74, 6) is 0.826. The van der Waals surface area contributed by atoms with E-state index in [-0.39, 0.29) is 12.0 Å². The van der Waals surface area contributed by atoms with Crippen LogP contribution in [0.25, 0.3) is 0 Å². The van der Waals surface area contributed by atoms with E-state index in [0.717, 1.165) is 43.7 Å². The second-order valence-electron chi connectivity index (χ2n) is 6.03. The van der Waals surface area contributed by atoms with Gasteiger partial charge >= 0.3 is 0 Å². The molecule has 1 saturated heterocycles. The summed E-state index contributed by atoms with van der Waals surface area (Å²) in [5, 5.41) is 6.33. The Morgan fingerprint density at radius 2 is 2.29 bits per heavy atom. The van der Waals surface area contributed by atoms with E-state index in [9.17, 15) is 4.79 Å². The van der Waals surface area contributed by atoms with Gasteiger partial charge in [-0.15, -0.1) is 0 Å². The molecule has 0 saturated carbocycles. The highest BCUT2D eigenvalue weighted by atomic mass is 16.5. The zero-order valence-electron chi connectivity index (χ0n) is 13.2. The Bertz CT molecular complexity index is 481. The minimum atomic E-state index is -0.466. The van der Waals surface area contributed by atoms with Crippen molar-refractivity contribution in [1.82, 2.24) is 5.32 Å². The van der Waals surface area contributed by atoms with Gasteiger partial charge in [-0.05, 0) is 58.2 Å². The quantitative estimate of drug-likeness (QED) is 0.874. The van der Waals surface area contributed by atoms with Gasteiger partial charge in [0.1, 0.15) is 5.75 Å². The summed E-state index contributed by atoms with van der Waals surface area (Å²) < 4.78 is 5.79. The lowest BCUT2D eigenvalue weighted by atomic mass is 9.90. The fraction of sp³-hybridized carbons (Fsp3) is 0.588. The maximum atomic E-state index is 12.5. The Labute approximate surface area is 127 Å². The zero-order chi connectivity index (χ0) is 15.3. The van der Waals surface area contributed by atoms with Crippen LogP contribution in [-0.4, -0.2) is 24.1 Å². The van der Waals surface area contributed by atoms with Gasteiger partial charge in [-0.2, -0.15) is 0 Å². The Kier molecular flexibility index (Phi) is 5.23. The third-order valence-corrected chi connectivity index (χ3v) is 4.12. The minimum Gasteiger partial charge on any atom is -0.491 e. The molecule has 1 aromatic carbocycles. The molecular formula is C17H26N2O2. The van der Waals surface area contributed by atoms with Gasteiger partial charge in [0.2, 0.25) is 5.91 Å². The van der Waals surface area contributed by atoms with Crippen molar-refractivity contribution in [1.29, 1.82) is 0 Å². The first-order valence-corrected chi connectivity index (χ1v) is 7.87. The van der Waals surface area contributed by atoms with Gasteiger partial charge < -0.3 is 15.4 Å². The first-order valence-electron chi connectivity index (χ1n) is 7.87. The van der Waals surface area contributed by atoms with Crippen molar-refractivity contribution in [3.8, 4) is 5.75 Å². The molecule has 116 valence electrons. The van der Waals surface area contributed by atoms with Gasteiger partial charge in [0.05, 0.1) is 11.6 Å². The van der Waals surface area contributed by atoms with Crippen LogP contribution >= 0.6 is 0 Å². The molecule has 2 atom stereocenters. The van der Waals surface area contributed by atoms with Crippen molar-refractivity contribution in [3.05, 3.63) is 24.3 Å². The number of nitrogens with one attached hydrogen (secondary N) is 2. The van der Waals surface area contributed by atoms with Crippen molar-refractivity contribution in [2.75, 3.05) is 11.9 Å². The molecule has 0 bridgehead atoms. The monoisotopic (exact) mass is 290 g/mol. The van der Waals surface area contributed by atoms with Crippen LogP contribution in [0.5, 0.6) is 5.75 Å². The van der Waals surface area contributed by atoms with Gasteiger partial charge in [0.25, 0.3) is 0 Å². The molecule has 0 aliphatic carbocycles. The second kappa shape index (κ2) is 6.94. The Hall–Kier alpha value is -1.55. The van der Waals surface area contributed by atoms with Crippen molar-refractivity contribution < 1.29 is 9.53 Å². The summed E-state index contributed by atoms with van der Waals surface area (Å²) >= 11 is 0. The lowest BCUT2D eigenvalue weighted by Gasteiger charge is -2.33. The van der Waals surface area contributed by atoms with E-state index in [1.807, 2.05) is 38.1 Å². The molecule has 1 aliphatic rings. The first-order chi connectivity index (χ1) is 10.0. The van der Waals surface area contributed by atoms with Crippen molar-refractivity contribution in [3.63, 3.8) is 0 Å². The smallest absolute Gasteiger partial charge is 0.244 e. The van der Waals surface area contributed by atoms with Gasteiger partial charge in [-0.1, -0.05) is 13.0 Å². The van der Waals surface area contributed by atoms with E-state index >= 15 is 0 Å². The number of hydrogen-bond donors (Lipinski definition) is 2. The van der Waals surface area contributed by atoms with Crippen molar-refractivity contribution in [2.45, 2.75) is 58.1 Å². The first kappa shape index (κ1) is 15.8. The molecule has 0 spiro atoms. The molecule has 1 amide bonds. The number of anilines is 1. The van der Waals surface area contributed by atoms with Crippen molar-refractivity contribution >= 4 is 11.6 Å². The number of carbonyl (C=O) groups excluding carboxylic acids is 1. The highest BCUT2D eigenvalue weighted by Crippen LogP contribution is 2.23. The van der Waals surface area contributed by atoms with E-state index in [0.29, 0.717) is 0 Å². The van der Waals surface area contributed by atoms with Crippen LogP contribution in [0.2, 0.25) is 0 Å². The summed E-state index contributed by atoms with van der Waals surface area (Å²) in [6.07, 6.45) is 4.24. The van der Waals surface area contributed by atoms with E-state index in [1.165, 1.54) is 0 Å². The van der Waals surface area contributed by atoms with Gasteiger partial charge in [0, 0.05) is 11.8 Å². The molecule has 0 radical (unpaired) electrons. The average Bonchev–Trinajstić information content (AvgIpc) is 2.48. The molecule has 4 nitrogen and oxygen atoms in total. The molecule has 2 unspecified atom stereocenters. The van der Waals surface area contributed by atoms with E-state index < -0.39 is 5.54 Å². The third-order valence-electron chi connectivity index (χ3n) is 4.12. The van der Waals surface area contributed by atoms with Crippen LogP contribution in [0, 0.1) is 0 Å². The lowest BCUT2D eigenvalue weighted by Crippen LogP contribution is -2.54. The van der Waals surface area contributed by atoms with Crippen LogP contribution in [0.1, 0.15) is 46.5 Å². The summed E-state index contributed by atoms with van der Waals surface area (Å²) in [5.41, 5.74) is 0.320. The second-order valence-corrected chi connectivity index (χ2v) is 6.03. The zero-order valence-corrected chi connectivity index (χ0v) is 13.2. The summed E-state index contributed by atoms with van der Waals surface area (Å²) in [6.45, 7) is 7.01. The van der Waals surface area contributed by atoms with Crippen LogP contribution < -0.4 is 15.4 Å². The largest absolute Gasteiger partial charge is 0.491 e. The molecule has 2 rings (SSSR count). The van der Waals surface area contributed by atoms with E-state index in [4.69, 9.17) is 4.74 Å². The fourth-order valence-electron chi connectivity index (χ4n) is 2.48. The predicted molar refractivity (Wildman–Crippen MR) is 85.7 cm³/mol. The number of piperidine rings is 1. The number of rotatable bonds is 5. The van der Waals surface area contributed by atoms with Gasteiger partial charge in [-0.3, -0.25) is 4.79 Å². The number of amides is 1. The van der Waals surface area contributed by atoms with Gasteiger partial charge in [0.15, 0.2) is 0 Å². The maximum Gasteiger partial charge on any atom is 0.244 e. The summed E-state index contributed by atoms with van der Waals surface area (Å²) in [7, 11) is 0. The minimum absolute atomic E-state index is 0.0305. The summed E-state index contributed by atoms with van der Waals surface area (Å²) in [6, 6.07) is 7.61. The fourth-order valence-corrected chi connectivity index (χ4v) is 2.48. The Balaban J connectivity index is 2.02. The lowest BCUT2D eigenvalue weighted by molar-refractivity contribution is -0.122. The average molecular weight is 290 g/mol. The van der Waals surface area contributed by atoms with Crippen LogP contribution in [0.4, 0.5) is 5.69 Å². The van der Waals surface area contributed by atoms with Crippen LogP contribution in [-0.2, 0) is 4.79 Å². The SMILES string of the molecule is CCC(C)Oc1cccc(NC(=O)C2(C)CCCCN2)c1. The van der Waals surface area contributed by atoms with Crippen LogP contribution in [0.3, 0.4) is 0 Å². The van der Waals surface area contributed by atoms with Crippen molar-refractivity contribution in [2.24, 2.45) is 0 Å². The maximum absolute atomic E-state index is 12.5. The van der Waals surface area contributed by atoms with E-state index in [1.54, 1.807) is 0 Å². The molecule has 2 N–H and O–H groups in total. The van der Waals surface area contributed by atoms with Gasteiger partial charge in [-0.25, -0.2) is 0 Å². The molecule has 1 aromatic rings. The standard InChI is InChI=1S/C17H26N2O2/c1-4-13(2)21-15-9-7-8-14(12-15)19-16(20)17(3)10-5-6-11-18-17/h7-9,12-13,18H,4-6,10-11H2,1-3H3,(H,19,20). The Morgan fingerprint density at radius 3 is 2.95 bits per heavy atom. The molecule has 4 heteroatoms. The van der Waals surface area contributed by atoms with Crippen LogP contribution in [0.15, 0.2) is 24.3 Å². The molecule has 21 heavy (non-hydrogen) atoms. The number of hydrogen-bond acceptors (Lipinski definition) is 3. The highest BCUT2D eigenvalue weighted by Gasteiger charge is 2.34. The van der Waals surface area contributed by atoms with E-state index in [2.05, 4.69) is 17.6 Å². The summed E-state index contributed by atoms with van der Waals surface area (Å²) in [4.78, 5) is 12.5. The predicted octanol–water partition coefficient (Wildman–Crippen LogP) is 3.33. The third kappa shape index (κ3) is 4.21. The number of ether oxygens (including phenoxy) is 1. The number of carbonyl (C=O) groups is 1. The number of benzene rings is 1.